The maximum absolute atomic E-state index is 15.4. The zero-order valence-electron chi connectivity index (χ0n) is 36.3. The number of nitrogens with two attached hydrogens (primary N) is 1. The van der Waals surface area contributed by atoms with E-state index in [2.05, 4.69) is 26.6 Å². The molecule has 7 rings (SSSR count). The molecule has 0 unspecified atom stereocenters. The van der Waals surface area contributed by atoms with Gasteiger partial charge in [0, 0.05) is 42.1 Å². The average molecular weight is 912 g/mol. The normalized spacial score (nSPS) is 17.2. The lowest BCUT2D eigenvalue weighted by molar-refractivity contribution is -0.172. The quantitative estimate of drug-likeness (QED) is 0.0493. The van der Waals surface area contributed by atoms with Gasteiger partial charge in [0.15, 0.2) is 5.60 Å². The van der Waals surface area contributed by atoms with Gasteiger partial charge in [-0.25, -0.2) is 14.2 Å². The number of fused-ring (bicyclic) bond motifs is 5. The van der Waals surface area contributed by atoms with Crippen LogP contribution in [0.25, 0.3) is 22.3 Å². The largest absolute Gasteiger partial charge is 0.480 e. The Morgan fingerprint density at radius 2 is 1.73 bits per heavy atom. The number of benzene rings is 2. The first-order chi connectivity index (χ1) is 31.5. The van der Waals surface area contributed by atoms with Gasteiger partial charge in [-0.3, -0.25) is 38.5 Å². The van der Waals surface area contributed by atoms with Crippen molar-refractivity contribution >= 4 is 52.4 Å². The van der Waals surface area contributed by atoms with Crippen molar-refractivity contribution in [2.24, 2.45) is 5.73 Å². The van der Waals surface area contributed by atoms with Gasteiger partial charge in [0.25, 0.3) is 5.56 Å². The summed E-state index contributed by atoms with van der Waals surface area (Å²) in [5.41, 5.74) is 6.92. The smallest absolute Gasteiger partial charge is 0.343 e. The standard InChI is InChI=1S/C45H50FN9O11/c1-3-45(65)28-14-33-41-26(19-55(33)43(63)27(28)22-66-44(45)64)40-30(10-9-25-23(2)29(46)15-31(53-41)39(25)40)51-37(59)20-54(21-38(60)61)12-11-48-35(57)17-50-42(62)32(13-24-7-5-4-6-8-24)52-36(58)18-49-34(56)16-47/h4-8,14-15,30,32,65H,3,9-13,16-22,47H2,1-2H3,(H,48,57)(H,49,56)(H,50,62)(H,51,59)(H,52,58)(H,60,61)/t30-,32-,45-/m0/s1. The van der Waals surface area contributed by atoms with Crippen LogP contribution < -0.4 is 37.9 Å². The summed E-state index contributed by atoms with van der Waals surface area (Å²) in [5.74, 6) is -5.68. The molecule has 2 aromatic heterocycles. The number of aliphatic carboxylic acids is 1. The van der Waals surface area contributed by atoms with Gasteiger partial charge in [0.1, 0.15) is 18.5 Å². The lowest BCUT2D eigenvalue weighted by Gasteiger charge is -2.31. The van der Waals surface area contributed by atoms with Gasteiger partial charge in [0.05, 0.1) is 67.8 Å². The fourth-order valence-corrected chi connectivity index (χ4v) is 8.81. The summed E-state index contributed by atoms with van der Waals surface area (Å²) in [6.07, 6.45) is 0.720. The molecule has 0 spiro atoms. The number of aromatic nitrogens is 2. The Morgan fingerprint density at radius 3 is 2.44 bits per heavy atom. The molecule has 3 atom stereocenters. The van der Waals surface area contributed by atoms with Crippen molar-refractivity contribution in [3.8, 4) is 11.4 Å². The molecular weight excluding hydrogens is 862 g/mol. The van der Waals surface area contributed by atoms with Gasteiger partial charge in [-0.2, -0.15) is 0 Å². The van der Waals surface area contributed by atoms with Crippen molar-refractivity contribution in [3.05, 3.63) is 97.6 Å². The van der Waals surface area contributed by atoms with Crippen LogP contribution in [0, 0.1) is 12.7 Å². The Morgan fingerprint density at radius 1 is 0.985 bits per heavy atom. The molecule has 348 valence electrons. The number of aryl methyl sites for hydroxylation is 1. The van der Waals surface area contributed by atoms with E-state index < -0.39 is 96.7 Å². The summed E-state index contributed by atoms with van der Waals surface area (Å²) in [6, 6.07) is 9.87. The van der Waals surface area contributed by atoms with Crippen molar-refractivity contribution < 1.29 is 52.9 Å². The Hall–Kier alpha value is -7.10. The molecule has 20 nitrogen and oxygen atoms in total. The number of esters is 1. The van der Waals surface area contributed by atoms with Crippen molar-refractivity contribution in [3.63, 3.8) is 0 Å². The van der Waals surface area contributed by atoms with E-state index in [1.165, 1.54) is 15.5 Å². The van der Waals surface area contributed by atoms with Crippen molar-refractivity contribution in [1.29, 1.82) is 0 Å². The average Bonchev–Trinajstić information content (AvgIpc) is 3.66. The molecule has 66 heavy (non-hydrogen) atoms. The molecule has 0 radical (unpaired) electrons. The van der Waals surface area contributed by atoms with Crippen molar-refractivity contribution in [1.82, 2.24) is 41.0 Å². The van der Waals surface area contributed by atoms with E-state index in [0.717, 1.165) is 5.56 Å². The maximum Gasteiger partial charge on any atom is 0.343 e. The number of hydrogen-bond donors (Lipinski definition) is 8. The van der Waals surface area contributed by atoms with E-state index in [1.54, 1.807) is 50.2 Å². The van der Waals surface area contributed by atoms with Crippen LogP contribution in [-0.2, 0) is 69.9 Å². The third kappa shape index (κ3) is 9.63. The van der Waals surface area contributed by atoms with Gasteiger partial charge in [-0.05, 0) is 54.5 Å². The molecule has 0 saturated carbocycles. The Bertz CT molecular complexity index is 2710. The molecule has 3 aliphatic rings. The third-order valence-electron chi connectivity index (χ3n) is 12.2. The molecule has 4 aromatic rings. The predicted molar refractivity (Wildman–Crippen MR) is 233 cm³/mol. The molecule has 2 aliphatic heterocycles. The van der Waals surface area contributed by atoms with E-state index in [0.29, 0.717) is 51.9 Å². The molecule has 1 aliphatic carbocycles. The first-order valence-corrected chi connectivity index (χ1v) is 21.4. The highest BCUT2D eigenvalue weighted by Crippen LogP contribution is 2.46. The molecule has 21 heteroatoms. The molecule has 9 N–H and O–H groups in total. The maximum atomic E-state index is 15.4. The van der Waals surface area contributed by atoms with Gasteiger partial charge < -0.3 is 51.8 Å². The van der Waals surface area contributed by atoms with E-state index in [9.17, 15) is 48.6 Å². The summed E-state index contributed by atoms with van der Waals surface area (Å²) in [4.78, 5) is 109. The minimum atomic E-state index is -2.07. The Labute approximate surface area is 376 Å². The summed E-state index contributed by atoms with van der Waals surface area (Å²) >= 11 is 0. The van der Waals surface area contributed by atoms with Crippen LogP contribution in [-0.4, -0.2) is 118 Å². The van der Waals surface area contributed by atoms with E-state index in [-0.39, 0.29) is 62.3 Å². The van der Waals surface area contributed by atoms with Crippen LogP contribution in [0.4, 0.5) is 4.39 Å². The number of carbonyl (C=O) groups excluding carboxylic acids is 6. The molecule has 0 saturated heterocycles. The molecular formula is C45H50FN9O11. The monoisotopic (exact) mass is 911 g/mol. The third-order valence-corrected chi connectivity index (χ3v) is 12.2. The number of carboxylic acid groups (broad SMARTS) is 1. The highest BCUT2D eigenvalue weighted by Gasteiger charge is 2.46. The van der Waals surface area contributed by atoms with E-state index >= 15 is 4.39 Å². The van der Waals surface area contributed by atoms with Crippen LogP contribution in [0.1, 0.15) is 64.8 Å². The number of rotatable bonds is 18. The zero-order chi connectivity index (χ0) is 47.4. The highest BCUT2D eigenvalue weighted by atomic mass is 19.1. The van der Waals surface area contributed by atoms with Crippen LogP contribution in [0.2, 0.25) is 0 Å². The van der Waals surface area contributed by atoms with E-state index in [1.807, 2.05) is 0 Å². The van der Waals surface area contributed by atoms with E-state index in [4.69, 9.17) is 15.5 Å². The van der Waals surface area contributed by atoms with Gasteiger partial charge in [0.2, 0.25) is 29.5 Å². The Kier molecular flexibility index (Phi) is 13.9. The molecule has 0 fully saturated rings. The zero-order valence-corrected chi connectivity index (χ0v) is 36.3. The summed E-state index contributed by atoms with van der Waals surface area (Å²) in [6.45, 7) is 0.551. The van der Waals surface area contributed by atoms with Crippen molar-refractivity contribution in [2.75, 3.05) is 45.8 Å². The van der Waals surface area contributed by atoms with Gasteiger partial charge >= 0.3 is 11.9 Å². The second-order valence-corrected chi connectivity index (χ2v) is 16.4. The molecule has 5 amide bonds. The first-order valence-electron chi connectivity index (χ1n) is 21.4. The first kappa shape index (κ1) is 46.9. The number of ether oxygens (including phenoxy) is 1. The number of pyridine rings is 2. The number of carboxylic acids is 1. The number of nitrogens with one attached hydrogen (secondary N) is 5. The lowest BCUT2D eigenvalue weighted by Crippen LogP contribution is -2.52. The van der Waals surface area contributed by atoms with Crippen LogP contribution in [0.5, 0.6) is 0 Å². The minimum absolute atomic E-state index is 0.0261. The number of cyclic esters (lactones) is 1. The fourth-order valence-electron chi connectivity index (χ4n) is 8.81. The van der Waals surface area contributed by atoms with Crippen LogP contribution in [0.15, 0.2) is 47.3 Å². The number of nitrogens with zero attached hydrogens (tertiary/aromatic N) is 3. The number of aliphatic hydroxyl groups is 1. The Balaban J connectivity index is 1.03. The van der Waals surface area contributed by atoms with Crippen LogP contribution >= 0.6 is 0 Å². The summed E-state index contributed by atoms with van der Waals surface area (Å²) < 4.78 is 22.1. The fraction of sp³-hybridized carbons (Fsp3) is 0.400. The second-order valence-electron chi connectivity index (χ2n) is 16.4. The highest BCUT2D eigenvalue weighted by molar-refractivity contribution is 5.95. The second kappa shape index (κ2) is 19.6. The number of amides is 5. The summed E-state index contributed by atoms with van der Waals surface area (Å²) in [5, 5.41) is 34.7. The summed E-state index contributed by atoms with van der Waals surface area (Å²) in [7, 11) is 0. The topological polar surface area (TPSA) is 293 Å². The molecule has 4 heterocycles. The van der Waals surface area contributed by atoms with Crippen molar-refractivity contribution in [2.45, 2.75) is 70.4 Å². The predicted octanol–water partition coefficient (Wildman–Crippen LogP) is -0.948. The molecule has 2 aromatic carbocycles. The SMILES string of the molecule is CC[C@@]1(O)C(=O)OCc2c1cc1n(c2=O)Cc2c-1nc1cc(F)c(C)c3c1c2[C@@H](NC(=O)CN(CCNC(=O)CNC(=O)[C@H](Cc1ccccc1)NC(=O)CNC(=O)CN)CC(=O)O)CC3. The lowest BCUT2D eigenvalue weighted by atomic mass is 9.81. The minimum Gasteiger partial charge on any atom is -0.480 e. The number of hydrogen-bond acceptors (Lipinski definition) is 13. The van der Waals surface area contributed by atoms with Crippen LogP contribution in [0.3, 0.4) is 0 Å². The van der Waals surface area contributed by atoms with Gasteiger partial charge in [-0.1, -0.05) is 37.3 Å². The van der Waals surface area contributed by atoms with Gasteiger partial charge in [-0.15, -0.1) is 0 Å². The number of halogens is 1. The number of carbonyl (C=O) groups is 7. The molecule has 0 bridgehead atoms.